The van der Waals surface area contributed by atoms with Gasteiger partial charge in [-0.3, -0.25) is 0 Å². The van der Waals surface area contributed by atoms with Crippen molar-refractivity contribution in [3.05, 3.63) is 65.2 Å². The highest BCUT2D eigenvalue weighted by Crippen LogP contribution is 2.27. The molecule has 2 atom stereocenters. The first-order valence-corrected chi connectivity index (χ1v) is 9.01. The first-order valence-electron chi connectivity index (χ1n) is 9.01. The molecule has 3 rings (SSSR count). The Morgan fingerprint density at radius 1 is 1.19 bits per heavy atom. The Morgan fingerprint density at radius 2 is 1.96 bits per heavy atom. The van der Waals surface area contributed by atoms with Gasteiger partial charge >= 0.3 is 0 Å². The Balaban J connectivity index is 1.71. The lowest BCUT2D eigenvalue weighted by Crippen LogP contribution is -2.34. The molecular formula is C21H26F2N2O. The summed E-state index contributed by atoms with van der Waals surface area (Å²) in [5.41, 5.74) is 2.79. The van der Waals surface area contributed by atoms with Crippen LogP contribution in [0.5, 0.6) is 5.75 Å². The summed E-state index contributed by atoms with van der Waals surface area (Å²) in [5.74, 6) is -1.99. The molecule has 0 aliphatic carbocycles. The largest absolute Gasteiger partial charge is 0.496 e. The molecule has 2 N–H and O–H groups in total. The maximum atomic E-state index is 13.3. The van der Waals surface area contributed by atoms with Gasteiger partial charge in [-0.1, -0.05) is 42.5 Å². The number of benzene rings is 2. The lowest BCUT2D eigenvalue weighted by Gasteiger charge is -2.22. The minimum absolute atomic E-state index is 0.255. The van der Waals surface area contributed by atoms with Gasteiger partial charge in [0.05, 0.1) is 7.11 Å². The number of alkyl halides is 2. The van der Waals surface area contributed by atoms with Gasteiger partial charge < -0.3 is 15.4 Å². The summed E-state index contributed by atoms with van der Waals surface area (Å²) < 4.78 is 32.1. The zero-order valence-electron chi connectivity index (χ0n) is 15.3. The highest BCUT2D eigenvalue weighted by atomic mass is 19.3. The molecule has 1 heterocycles. The number of methoxy groups -OCH3 is 1. The number of nitrogens with one attached hydrogen (secondary N) is 2. The van der Waals surface area contributed by atoms with Crippen LogP contribution in [0.2, 0.25) is 0 Å². The van der Waals surface area contributed by atoms with Gasteiger partial charge in [0.1, 0.15) is 5.75 Å². The summed E-state index contributed by atoms with van der Waals surface area (Å²) in [5, 5.41) is 7.12. The molecule has 1 aliphatic heterocycles. The zero-order valence-corrected chi connectivity index (χ0v) is 15.3. The van der Waals surface area contributed by atoms with Gasteiger partial charge in [0.25, 0.3) is 0 Å². The number of rotatable bonds is 7. The maximum Gasteiger partial charge on any atom is 0.249 e. The first kappa shape index (κ1) is 18.8. The van der Waals surface area contributed by atoms with Crippen LogP contribution in [0.1, 0.15) is 36.1 Å². The minimum atomic E-state index is -2.72. The van der Waals surface area contributed by atoms with Crippen molar-refractivity contribution in [1.82, 2.24) is 10.6 Å². The molecule has 140 valence electrons. The van der Waals surface area contributed by atoms with Gasteiger partial charge in [0.15, 0.2) is 0 Å². The smallest absolute Gasteiger partial charge is 0.249 e. The topological polar surface area (TPSA) is 33.3 Å². The fourth-order valence-corrected chi connectivity index (χ4v) is 3.61. The van der Waals surface area contributed by atoms with E-state index in [0.717, 1.165) is 31.2 Å². The van der Waals surface area contributed by atoms with Crippen LogP contribution >= 0.6 is 0 Å². The van der Waals surface area contributed by atoms with E-state index >= 15 is 0 Å². The summed E-state index contributed by atoms with van der Waals surface area (Å²) in [6.07, 6.45) is 0.760. The summed E-state index contributed by atoms with van der Waals surface area (Å²) in [6.45, 7) is 2.49. The molecule has 26 heavy (non-hydrogen) atoms. The summed E-state index contributed by atoms with van der Waals surface area (Å²) >= 11 is 0. The standard InChI is InChI=1S/C21H26F2N2O/c1-21(22,23)13-15-8-9-19(26-2)17(12-15)14-25-18-10-11-24-20(18)16-6-4-3-5-7-16/h3-9,12,18,20,24-25H,10-11,13-14H2,1-2H3/t18-,20-/m1/s1. The van der Waals surface area contributed by atoms with E-state index in [9.17, 15) is 8.78 Å². The summed E-state index contributed by atoms with van der Waals surface area (Å²) in [6, 6.07) is 16.2. The van der Waals surface area contributed by atoms with Crippen LogP contribution in [0.3, 0.4) is 0 Å². The van der Waals surface area contributed by atoms with Gasteiger partial charge in [-0.15, -0.1) is 0 Å². The molecular weight excluding hydrogens is 334 g/mol. The number of hydrogen-bond donors (Lipinski definition) is 2. The third kappa shape index (κ3) is 4.80. The van der Waals surface area contributed by atoms with Crippen molar-refractivity contribution < 1.29 is 13.5 Å². The highest BCUT2D eigenvalue weighted by molar-refractivity contribution is 5.38. The fourth-order valence-electron chi connectivity index (χ4n) is 3.61. The minimum Gasteiger partial charge on any atom is -0.496 e. The first-order chi connectivity index (χ1) is 12.5. The van der Waals surface area contributed by atoms with Gasteiger partial charge in [-0.25, -0.2) is 8.78 Å². The molecule has 0 radical (unpaired) electrons. The van der Waals surface area contributed by atoms with E-state index in [0.29, 0.717) is 18.2 Å². The lowest BCUT2D eigenvalue weighted by molar-refractivity contribution is 0.0226. The van der Waals surface area contributed by atoms with E-state index in [2.05, 4.69) is 22.8 Å². The van der Waals surface area contributed by atoms with Crippen molar-refractivity contribution in [2.75, 3.05) is 13.7 Å². The Hall–Kier alpha value is -1.98. The molecule has 1 fully saturated rings. The van der Waals surface area contributed by atoms with E-state index in [1.807, 2.05) is 24.3 Å². The Kier molecular flexibility index (Phi) is 5.89. The quantitative estimate of drug-likeness (QED) is 0.780. The van der Waals surface area contributed by atoms with Crippen molar-refractivity contribution in [2.24, 2.45) is 0 Å². The second kappa shape index (κ2) is 8.14. The van der Waals surface area contributed by atoms with Crippen LogP contribution in [0, 0.1) is 0 Å². The molecule has 0 aromatic heterocycles. The van der Waals surface area contributed by atoms with Gasteiger partial charge in [-0.05, 0) is 37.1 Å². The zero-order chi connectivity index (χ0) is 18.6. The monoisotopic (exact) mass is 360 g/mol. The van der Waals surface area contributed by atoms with E-state index in [1.165, 1.54) is 5.56 Å². The third-order valence-electron chi connectivity index (χ3n) is 4.79. The molecule has 0 unspecified atom stereocenters. The summed E-state index contributed by atoms with van der Waals surface area (Å²) in [7, 11) is 1.61. The predicted octanol–water partition coefficient (Wildman–Crippen LogP) is 4.09. The van der Waals surface area contributed by atoms with Crippen LogP contribution in [0.4, 0.5) is 8.78 Å². The molecule has 0 spiro atoms. The number of halogens is 2. The van der Waals surface area contributed by atoms with Crippen LogP contribution in [0.25, 0.3) is 0 Å². The van der Waals surface area contributed by atoms with Crippen molar-refractivity contribution in [3.8, 4) is 5.75 Å². The van der Waals surface area contributed by atoms with Crippen LogP contribution < -0.4 is 15.4 Å². The molecule has 5 heteroatoms. The van der Waals surface area contributed by atoms with Crippen molar-refractivity contribution in [3.63, 3.8) is 0 Å². The third-order valence-corrected chi connectivity index (χ3v) is 4.79. The molecule has 0 saturated carbocycles. The lowest BCUT2D eigenvalue weighted by atomic mass is 10.00. The maximum absolute atomic E-state index is 13.3. The summed E-state index contributed by atoms with van der Waals surface area (Å²) in [4.78, 5) is 0. The van der Waals surface area contributed by atoms with Crippen molar-refractivity contribution in [1.29, 1.82) is 0 Å². The fraction of sp³-hybridized carbons (Fsp3) is 0.429. The van der Waals surface area contributed by atoms with E-state index < -0.39 is 5.92 Å². The van der Waals surface area contributed by atoms with Gasteiger partial charge in [-0.2, -0.15) is 0 Å². The molecule has 1 aliphatic rings. The molecule has 1 saturated heterocycles. The Bertz CT molecular complexity index is 716. The SMILES string of the molecule is COc1ccc(CC(C)(F)F)cc1CN[C@@H]1CCN[C@@H]1c1ccccc1. The van der Waals surface area contributed by atoms with E-state index in [4.69, 9.17) is 4.74 Å². The van der Waals surface area contributed by atoms with Gasteiger partial charge in [0, 0.05) is 30.6 Å². The molecule has 2 aromatic rings. The molecule has 0 amide bonds. The van der Waals surface area contributed by atoms with Crippen LogP contribution in [-0.2, 0) is 13.0 Å². The average Bonchev–Trinajstić information content (AvgIpc) is 3.08. The molecule has 3 nitrogen and oxygen atoms in total. The van der Waals surface area contributed by atoms with Crippen LogP contribution in [0.15, 0.2) is 48.5 Å². The average molecular weight is 360 g/mol. The Labute approximate surface area is 153 Å². The number of hydrogen-bond acceptors (Lipinski definition) is 3. The highest BCUT2D eigenvalue weighted by Gasteiger charge is 2.28. The second-order valence-corrected chi connectivity index (χ2v) is 7.01. The number of ether oxygens (including phenoxy) is 1. The molecule has 0 bridgehead atoms. The normalized spacial score (nSPS) is 20.3. The van der Waals surface area contributed by atoms with E-state index in [1.54, 1.807) is 19.2 Å². The van der Waals surface area contributed by atoms with Gasteiger partial charge in [0.2, 0.25) is 5.92 Å². The van der Waals surface area contributed by atoms with Crippen molar-refractivity contribution in [2.45, 2.75) is 44.3 Å². The van der Waals surface area contributed by atoms with Crippen LogP contribution in [-0.4, -0.2) is 25.6 Å². The predicted molar refractivity (Wildman–Crippen MR) is 99.7 cm³/mol. The Morgan fingerprint density at radius 3 is 2.65 bits per heavy atom. The van der Waals surface area contributed by atoms with Crippen molar-refractivity contribution >= 4 is 0 Å². The van der Waals surface area contributed by atoms with E-state index in [-0.39, 0.29) is 12.5 Å². The second-order valence-electron chi connectivity index (χ2n) is 7.01. The molecule has 2 aromatic carbocycles.